The summed E-state index contributed by atoms with van der Waals surface area (Å²) in [5, 5.41) is 13.6. The van der Waals surface area contributed by atoms with Gasteiger partial charge in [0, 0.05) is 42.3 Å². The van der Waals surface area contributed by atoms with Crippen LogP contribution in [-0.4, -0.2) is 36.2 Å². The van der Waals surface area contributed by atoms with Crippen molar-refractivity contribution in [1.82, 2.24) is 10.2 Å². The van der Waals surface area contributed by atoms with E-state index >= 15 is 0 Å². The number of phenols is 1. The van der Waals surface area contributed by atoms with Gasteiger partial charge in [-0.1, -0.05) is 21.5 Å². The first-order valence-electron chi connectivity index (χ1n) is 6.87. The molecule has 1 aromatic carbocycles. The van der Waals surface area contributed by atoms with Crippen LogP contribution in [0.1, 0.15) is 24.9 Å². The number of nitrogens with zero attached hydrogens (tertiary/aromatic N) is 1. The van der Waals surface area contributed by atoms with Gasteiger partial charge >= 0.3 is 0 Å². The van der Waals surface area contributed by atoms with E-state index in [1.165, 1.54) is 0 Å². The second-order valence-electron chi connectivity index (χ2n) is 5.38. The first kappa shape index (κ1) is 17.5. The Morgan fingerprint density at radius 2 is 1.95 bits per heavy atom. The second-order valence-corrected chi connectivity index (χ2v) is 7.88. The first-order valence-corrected chi connectivity index (χ1v) is 9.25. The Hall–Kier alpha value is 0.120. The number of halogens is 3. The summed E-state index contributed by atoms with van der Waals surface area (Å²) in [6.07, 6.45) is 0.873. The first-order chi connectivity index (χ1) is 9.91. The highest BCUT2D eigenvalue weighted by molar-refractivity contribution is 9.11. The highest BCUT2D eigenvalue weighted by atomic mass is 79.9. The number of hydrogen-bond acceptors (Lipinski definition) is 3. The van der Waals surface area contributed by atoms with E-state index in [-0.39, 0.29) is 11.8 Å². The zero-order valence-electron chi connectivity index (χ0n) is 11.9. The predicted octanol–water partition coefficient (Wildman–Crippen LogP) is 4.59. The van der Waals surface area contributed by atoms with Gasteiger partial charge in [-0.15, -0.1) is 6.58 Å². The maximum Gasteiger partial charge on any atom is 0.144 e. The zero-order valence-corrected chi connectivity index (χ0v) is 16.7. The molecule has 0 aromatic heterocycles. The minimum Gasteiger partial charge on any atom is -0.506 e. The van der Waals surface area contributed by atoms with Gasteiger partial charge in [0.05, 0.1) is 8.95 Å². The van der Waals surface area contributed by atoms with Crippen molar-refractivity contribution in [1.29, 1.82) is 0 Å². The molecule has 0 unspecified atom stereocenters. The van der Waals surface area contributed by atoms with Crippen molar-refractivity contribution in [3.05, 3.63) is 37.2 Å². The van der Waals surface area contributed by atoms with Crippen molar-refractivity contribution in [2.24, 2.45) is 0 Å². The summed E-state index contributed by atoms with van der Waals surface area (Å²) in [7, 11) is 0. The molecule has 0 aliphatic carbocycles. The molecule has 6 heteroatoms. The van der Waals surface area contributed by atoms with Gasteiger partial charge in [0.25, 0.3) is 0 Å². The highest BCUT2D eigenvalue weighted by Gasteiger charge is 2.27. The number of rotatable bonds is 4. The van der Waals surface area contributed by atoms with E-state index in [9.17, 15) is 5.11 Å². The summed E-state index contributed by atoms with van der Waals surface area (Å²) >= 11 is 10.6. The largest absolute Gasteiger partial charge is 0.506 e. The van der Waals surface area contributed by atoms with Gasteiger partial charge in [-0.25, -0.2) is 0 Å². The molecule has 3 nitrogen and oxygen atoms in total. The van der Waals surface area contributed by atoms with E-state index in [0.717, 1.165) is 52.7 Å². The number of phenolic OH excluding ortho intramolecular Hbond substituents is 1. The minimum atomic E-state index is 0.201. The summed E-state index contributed by atoms with van der Waals surface area (Å²) in [4.78, 5) is 2.45. The molecule has 2 rings (SSSR count). The summed E-state index contributed by atoms with van der Waals surface area (Å²) in [5.41, 5.74) is 2.22. The maximum atomic E-state index is 10.2. The quantitative estimate of drug-likeness (QED) is 0.616. The van der Waals surface area contributed by atoms with Crippen molar-refractivity contribution in [2.45, 2.75) is 19.4 Å². The standard InChI is InChI=1S/C15H19Br3N2O/c1-9(2)7-12(20-5-3-19-4-6-20)13-10(16)8-11(17)15(21)14(13)18/h8,12,19,21H,1,3-7H2,2H3/t12-/m0/s1. The van der Waals surface area contributed by atoms with Crippen LogP contribution in [-0.2, 0) is 0 Å². The van der Waals surface area contributed by atoms with E-state index in [4.69, 9.17) is 0 Å². The summed E-state index contributed by atoms with van der Waals surface area (Å²) in [6.45, 7) is 10.1. The molecule has 1 aliphatic heterocycles. The highest BCUT2D eigenvalue weighted by Crippen LogP contribution is 2.45. The molecular weight excluding hydrogens is 464 g/mol. The smallest absolute Gasteiger partial charge is 0.144 e. The lowest BCUT2D eigenvalue weighted by atomic mass is 9.97. The Bertz CT molecular complexity index is 542. The van der Waals surface area contributed by atoms with Gasteiger partial charge in [-0.05, 0) is 51.3 Å². The Labute approximate surface area is 151 Å². The van der Waals surface area contributed by atoms with Crippen LogP contribution in [0, 0.1) is 0 Å². The molecule has 0 bridgehead atoms. The topological polar surface area (TPSA) is 35.5 Å². The molecule has 1 fully saturated rings. The van der Waals surface area contributed by atoms with E-state index in [2.05, 4.69) is 71.5 Å². The van der Waals surface area contributed by atoms with Crippen LogP contribution >= 0.6 is 47.8 Å². The normalized spacial score (nSPS) is 17.7. The lowest BCUT2D eigenvalue weighted by molar-refractivity contribution is 0.171. The molecule has 21 heavy (non-hydrogen) atoms. The van der Waals surface area contributed by atoms with E-state index < -0.39 is 0 Å². The summed E-state index contributed by atoms with van der Waals surface area (Å²) in [6, 6.07) is 2.11. The monoisotopic (exact) mass is 480 g/mol. The second kappa shape index (κ2) is 7.59. The molecule has 0 radical (unpaired) electrons. The van der Waals surface area contributed by atoms with Gasteiger partial charge in [-0.2, -0.15) is 0 Å². The zero-order chi connectivity index (χ0) is 15.6. The van der Waals surface area contributed by atoms with E-state index in [0.29, 0.717) is 4.47 Å². The van der Waals surface area contributed by atoms with Crippen molar-refractivity contribution in [3.63, 3.8) is 0 Å². The van der Waals surface area contributed by atoms with Crippen LogP contribution in [0.3, 0.4) is 0 Å². The molecule has 0 amide bonds. The molecule has 0 spiro atoms. The lowest BCUT2D eigenvalue weighted by Crippen LogP contribution is -2.45. The fraction of sp³-hybridized carbons (Fsp3) is 0.467. The van der Waals surface area contributed by atoms with E-state index in [1.807, 2.05) is 6.07 Å². The maximum absolute atomic E-state index is 10.2. The Morgan fingerprint density at radius 1 is 1.33 bits per heavy atom. The average molecular weight is 483 g/mol. The number of nitrogens with one attached hydrogen (secondary N) is 1. The van der Waals surface area contributed by atoms with Crippen molar-refractivity contribution in [3.8, 4) is 5.75 Å². The van der Waals surface area contributed by atoms with Crippen molar-refractivity contribution < 1.29 is 5.11 Å². The van der Waals surface area contributed by atoms with Crippen LogP contribution in [0.5, 0.6) is 5.75 Å². The third kappa shape index (κ3) is 4.10. The van der Waals surface area contributed by atoms with Crippen LogP contribution in [0.4, 0.5) is 0 Å². The molecule has 1 saturated heterocycles. The minimum absolute atomic E-state index is 0.201. The average Bonchev–Trinajstić information content (AvgIpc) is 2.44. The van der Waals surface area contributed by atoms with Crippen LogP contribution in [0.25, 0.3) is 0 Å². The Morgan fingerprint density at radius 3 is 2.52 bits per heavy atom. The molecule has 1 aromatic rings. The van der Waals surface area contributed by atoms with Crippen molar-refractivity contribution in [2.75, 3.05) is 26.2 Å². The number of piperazine rings is 1. The summed E-state index contributed by atoms with van der Waals surface area (Å²) < 4.78 is 2.41. The van der Waals surface area contributed by atoms with Gasteiger partial charge in [-0.3, -0.25) is 4.90 Å². The molecular formula is C15H19Br3N2O. The van der Waals surface area contributed by atoms with E-state index in [1.54, 1.807) is 0 Å². The number of benzene rings is 1. The third-order valence-electron chi connectivity index (χ3n) is 3.65. The number of aromatic hydroxyl groups is 1. The van der Waals surface area contributed by atoms with Crippen LogP contribution in [0.2, 0.25) is 0 Å². The van der Waals surface area contributed by atoms with Crippen LogP contribution < -0.4 is 5.32 Å². The predicted molar refractivity (Wildman–Crippen MR) is 97.8 cm³/mol. The number of hydrogen-bond donors (Lipinski definition) is 2. The van der Waals surface area contributed by atoms with Crippen LogP contribution in [0.15, 0.2) is 31.6 Å². The summed E-state index contributed by atoms with van der Waals surface area (Å²) in [5.74, 6) is 0.245. The molecule has 1 atom stereocenters. The van der Waals surface area contributed by atoms with Gasteiger partial charge in [0.2, 0.25) is 0 Å². The fourth-order valence-corrected chi connectivity index (χ4v) is 5.29. The molecule has 2 N–H and O–H groups in total. The Balaban J connectivity index is 2.45. The van der Waals surface area contributed by atoms with Gasteiger partial charge < -0.3 is 10.4 Å². The van der Waals surface area contributed by atoms with Gasteiger partial charge in [0.15, 0.2) is 0 Å². The molecule has 1 aliphatic rings. The molecule has 1 heterocycles. The Kier molecular flexibility index (Phi) is 6.32. The third-order valence-corrected chi connectivity index (χ3v) is 5.71. The van der Waals surface area contributed by atoms with Crippen molar-refractivity contribution >= 4 is 47.8 Å². The van der Waals surface area contributed by atoms with Gasteiger partial charge in [0.1, 0.15) is 5.75 Å². The SMILES string of the molecule is C=C(C)C[C@@H](c1c(Br)cc(Br)c(O)c1Br)N1CCNCC1. The molecule has 116 valence electrons. The fourth-order valence-electron chi connectivity index (χ4n) is 2.64. The molecule has 0 saturated carbocycles. The lowest BCUT2D eigenvalue weighted by Gasteiger charge is -2.36.